The van der Waals surface area contributed by atoms with Gasteiger partial charge in [-0.3, -0.25) is 0 Å². The van der Waals surface area contributed by atoms with E-state index in [9.17, 15) is 0 Å². The van der Waals surface area contributed by atoms with Crippen LogP contribution in [0.15, 0.2) is 24.3 Å². The van der Waals surface area contributed by atoms with Crippen molar-refractivity contribution in [2.24, 2.45) is 0 Å². The molecule has 0 bridgehead atoms. The quantitative estimate of drug-likeness (QED) is 0.867. The molecule has 0 saturated carbocycles. The second kappa shape index (κ2) is 5.25. The van der Waals surface area contributed by atoms with E-state index < -0.39 is 0 Å². The lowest BCUT2D eigenvalue weighted by molar-refractivity contribution is 0.699. The van der Waals surface area contributed by atoms with Crippen LogP contribution in [0.3, 0.4) is 0 Å². The van der Waals surface area contributed by atoms with E-state index in [2.05, 4.69) is 57.3 Å². The number of hydrogen-bond donors (Lipinski definition) is 1. The van der Waals surface area contributed by atoms with Crippen molar-refractivity contribution in [1.82, 2.24) is 5.32 Å². The summed E-state index contributed by atoms with van der Waals surface area (Å²) in [5.41, 5.74) is 5.45. The Bertz CT molecular complexity index is 535. The highest BCUT2D eigenvalue weighted by atomic mass is 32.1. The van der Waals surface area contributed by atoms with Gasteiger partial charge in [0.05, 0.1) is 6.04 Å². The molecule has 2 heteroatoms. The summed E-state index contributed by atoms with van der Waals surface area (Å²) in [6.07, 6.45) is 0. The highest BCUT2D eigenvalue weighted by molar-refractivity contribution is 7.12. The maximum atomic E-state index is 3.45. The first-order valence-electron chi connectivity index (χ1n) is 6.34. The lowest BCUT2D eigenvalue weighted by Gasteiger charge is -2.18. The smallest absolute Gasteiger partial charge is 0.0671 e. The first-order chi connectivity index (χ1) is 8.52. The van der Waals surface area contributed by atoms with Crippen LogP contribution >= 0.6 is 11.3 Å². The first kappa shape index (κ1) is 13.3. The van der Waals surface area contributed by atoms with Gasteiger partial charge in [-0.1, -0.05) is 23.8 Å². The van der Waals surface area contributed by atoms with E-state index >= 15 is 0 Å². The van der Waals surface area contributed by atoms with Crippen molar-refractivity contribution in [3.63, 3.8) is 0 Å². The third-order valence-electron chi connectivity index (χ3n) is 3.49. The monoisotopic (exact) mass is 259 g/mol. The first-order valence-corrected chi connectivity index (χ1v) is 7.16. The largest absolute Gasteiger partial charge is 0.309 e. The van der Waals surface area contributed by atoms with Gasteiger partial charge in [-0.15, -0.1) is 11.3 Å². The maximum Gasteiger partial charge on any atom is 0.0671 e. The van der Waals surface area contributed by atoms with Crippen LogP contribution in [-0.4, -0.2) is 7.05 Å². The molecular formula is C16H21NS. The van der Waals surface area contributed by atoms with Gasteiger partial charge < -0.3 is 5.32 Å². The van der Waals surface area contributed by atoms with Crippen LogP contribution in [0, 0.1) is 27.7 Å². The third-order valence-corrected chi connectivity index (χ3v) is 4.71. The molecule has 0 spiro atoms. The van der Waals surface area contributed by atoms with Gasteiger partial charge in [-0.25, -0.2) is 0 Å². The Morgan fingerprint density at radius 3 is 2.22 bits per heavy atom. The molecule has 0 radical (unpaired) electrons. The van der Waals surface area contributed by atoms with Crippen molar-refractivity contribution in [2.75, 3.05) is 7.05 Å². The fourth-order valence-corrected chi connectivity index (χ4v) is 3.52. The summed E-state index contributed by atoms with van der Waals surface area (Å²) >= 11 is 1.89. The predicted octanol–water partition coefficient (Wildman–Crippen LogP) is 4.29. The minimum absolute atomic E-state index is 0.308. The summed E-state index contributed by atoms with van der Waals surface area (Å²) < 4.78 is 0. The Kier molecular flexibility index (Phi) is 3.88. The zero-order valence-electron chi connectivity index (χ0n) is 11.8. The molecule has 0 aliphatic heterocycles. The summed E-state index contributed by atoms with van der Waals surface area (Å²) in [4.78, 5) is 2.81. The number of nitrogens with one attached hydrogen (secondary N) is 1. The molecule has 1 aromatic carbocycles. The van der Waals surface area contributed by atoms with Gasteiger partial charge in [-0.2, -0.15) is 0 Å². The molecular weight excluding hydrogens is 238 g/mol. The molecule has 0 amide bonds. The molecule has 1 atom stereocenters. The van der Waals surface area contributed by atoms with Crippen LogP contribution in [0.1, 0.15) is 38.0 Å². The molecule has 0 aliphatic rings. The normalized spacial score (nSPS) is 12.7. The maximum absolute atomic E-state index is 3.45. The van der Waals surface area contributed by atoms with E-state index in [4.69, 9.17) is 0 Å². The second-order valence-corrected chi connectivity index (χ2v) is 6.26. The van der Waals surface area contributed by atoms with Gasteiger partial charge in [0.15, 0.2) is 0 Å². The topological polar surface area (TPSA) is 12.0 Å². The predicted molar refractivity (Wildman–Crippen MR) is 80.6 cm³/mol. The zero-order valence-corrected chi connectivity index (χ0v) is 12.6. The molecule has 1 heterocycles. The Hall–Kier alpha value is -1.12. The van der Waals surface area contributed by atoms with E-state index in [-0.39, 0.29) is 0 Å². The lowest BCUT2D eigenvalue weighted by Crippen LogP contribution is -2.17. The van der Waals surface area contributed by atoms with Crippen molar-refractivity contribution < 1.29 is 0 Å². The number of hydrogen-bond acceptors (Lipinski definition) is 2. The molecule has 1 unspecified atom stereocenters. The fourth-order valence-electron chi connectivity index (χ4n) is 2.34. The molecule has 96 valence electrons. The van der Waals surface area contributed by atoms with Gasteiger partial charge in [0.1, 0.15) is 0 Å². The summed E-state index contributed by atoms with van der Waals surface area (Å²) in [6, 6.07) is 9.31. The molecule has 0 saturated heterocycles. The highest BCUT2D eigenvalue weighted by Crippen LogP contribution is 2.32. The second-order valence-electron chi connectivity index (χ2n) is 4.97. The standard InChI is InChI=1S/C16H21NS/c1-10-6-7-14(12(3)8-10)16(17-5)15-9-11(2)13(4)18-15/h6-9,16-17H,1-5H3. The zero-order chi connectivity index (χ0) is 13.3. The molecule has 18 heavy (non-hydrogen) atoms. The number of benzene rings is 1. The van der Waals surface area contributed by atoms with Crippen LogP contribution in [0.25, 0.3) is 0 Å². The highest BCUT2D eigenvalue weighted by Gasteiger charge is 2.16. The van der Waals surface area contributed by atoms with Crippen molar-refractivity contribution >= 4 is 11.3 Å². The summed E-state index contributed by atoms with van der Waals surface area (Å²) in [7, 11) is 2.04. The average Bonchev–Trinajstić information content (AvgIpc) is 2.63. The Balaban J connectivity index is 2.45. The van der Waals surface area contributed by atoms with Gasteiger partial charge in [-0.05, 0) is 57.5 Å². The van der Waals surface area contributed by atoms with Gasteiger partial charge in [0, 0.05) is 9.75 Å². The minimum Gasteiger partial charge on any atom is -0.309 e. The van der Waals surface area contributed by atoms with Crippen LogP contribution in [0.2, 0.25) is 0 Å². The van der Waals surface area contributed by atoms with Gasteiger partial charge >= 0.3 is 0 Å². The van der Waals surface area contributed by atoms with Crippen molar-refractivity contribution in [3.8, 4) is 0 Å². The Morgan fingerprint density at radius 1 is 1.00 bits per heavy atom. The van der Waals surface area contributed by atoms with Crippen molar-refractivity contribution in [2.45, 2.75) is 33.7 Å². The van der Waals surface area contributed by atoms with Crippen LogP contribution < -0.4 is 5.32 Å². The van der Waals surface area contributed by atoms with Crippen LogP contribution in [0.5, 0.6) is 0 Å². The van der Waals surface area contributed by atoms with Gasteiger partial charge in [0.25, 0.3) is 0 Å². The molecule has 2 rings (SSSR count). The fraction of sp³-hybridized carbons (Fsp3) is 0.375. The average molecular weight is 259 g/mol. The van der Waals surface area contributed by atoms with Gasteiger partial charge in [0.2, 0.25) is 0 Å². The number of thiophene rings is 1. The molecule has 0 fully saturated rings. The van der Waals surface area contributed by atoms with Crippen LogP contribution in [-0.2, 0) is 0 Å². The SMILES string of the molecule is CNC(c1cc(C)c(C)s1)c1ccc(C)cc1C. The number of aryl methyl sites for hydroxylation is 4. The van der Waals surface area contributed by atoms with Crippen LogP contribution in [0.4, 0.5) is 0 Å². The number of rotatable bonds is 3. The summed E-state index contributed by atoms with van der Waals surface area (Å²) in [5, 5.41) is 3.45. The molecule has 1 N–H and O–H groups in total. The summed E-state index contributed by atoms with van der Waals surface area (Å²) in [6.45, 7) is 8.72. The Labute approximate surface area is 114 Å². The molecule has 1 nitrogen and oxygen atoms in total. The molecule has 1 aromatic heterocycles. The van der Waals surface area contributed by atoms with E-state index in [1.54, 1.807) is 0 Å². The Morgan fingerprint density at radius 2 is 1.72 bits per heavy atom. The van der Waals surface area contributed by atoms with E-state index in [1.807, 2.05) is 18.4 Å². The lowest BCUT2D eigenvalue weighted by atomic mass is 9.98. The minimum atomic E-state index is 0.308. The molecule has 2 aromatic rings. The van der Waals surface area contributed by atoms with Crippen molar-refractivity contribution in [1.29, 1.82) is 0 Å². The van der Waals surface area contributed by atoms with Crippen molar-refractivity contribution in [3.05, 3.63) is 56.3 Å². The third kappa shape index (κ3) is 2.50. The van der Waals surface area contributed by atoms with E-state index in [0.29, 0.717) is 6.04 Å². The summed E-state index contributed by atoms with van der Waals surface area (Å²) in [5.74, 6) is 0. The van der Waals surface area contributed by atoms with E-state index in [1.165, 1.54) is 32.0 Å². The van der Waals surface area contributed by atoms with E-state index in [0.717, 1.165) is 0 Å². The molecule has 0 aliphatic carbocycles.